The van der Waals surface area contributed by atoms with Crippen molar-refractivity contribution in [3.63, 3.8) is 0 Å². The molecule has 1 saturated heterocycles. The second kappa shape index (κ2) is 6.00. The van der Waals surface area contributed by atoms with Gasteiger partial charge in [0.1, 0.15) is 0 Å². The van der Waals surface area contributed by atoms with E-state index in [4.69, 9.17) is 11.5 Å². The molecule has 1 aliphatic heterocycles. The van der Waals surface area contributed by atoms with E-state index in [0.29, 0.717) is 13.1 Å². The molecule has 17 heavy (non-hydrogen) atoms. The molecule has 2 unspecified atom stereocenters. The van der Waals surface area contributed by atoms with E-state index in [1.165, 1.54) is 0 Å². The van der Waals surface area contributed by atoms with Gasteiger partial charge in [-0.05, 0) is 18.8 Å². The summed E-state index contributed by atoms with van der Waals surface area (Å²) in [4.78, 5) is 24.9. The van der Waals surface area contributed by atoms with Crippen molar-refractivity contribution in [2.24, 2.45) is 23.3 Å². The second-order valence-corrected chi connectivity index (χ2v) is 4.94. The van der Waals surface area contributed by atoms with Gasteiger partial charge in [-0.1, -0.05) is 20.3 Å². The third kappa shape index (κ3) is 3.43. The molecule has 0 aromatic heterocycles. The smallest absolute Gasteiger partial charge is 0.239 e. The summed E-state index contributed by atoms with van der Waals surface area (Å²) in [6.45, 7) is 5.10. The summed E-state index contributed by atoms with van der Waals surface area (Å²) in [5.41, 5.74) is 11.2. The van der Waals surface area contributed by atoms with Gasteiger partial charge in [0.15, 0.2) is 0 Å². The van der Waals surface area contributed by atoms with Crippen LogP contribution in [0, 0.1) is 11.8 Å². The van der Waals surface area contributed by atoms with Crippen LogP contribution in [0.25, 0.3) is 0 Å². The highest BCUT2D eigenvalue weighted by molar-refractivity contribution is 5.83. The van der Waals surface area contributed by atoms with E-state index >= 15 is 0 Å². The van der Waals surface area contributed by atoms with Crippen LogP contribution in [0.15, 0.2) is 0 Å². The fourth-order valence-electron chi connectivity index (χ4n) is 2.12. The molecule has 5 heteroatoms. The number of likely N-dealkylation sites (tertiary alicyclic amines) is 1. The third-order valence-corrected chi connectivity index (χ3v) is 3.68. The number of hydrogen-bond donors (Lipinski definition) is 2. The molecule has 0 bridgehead atoms. The van der Waals surface area contributed by atoms with Crippen molar-refractivity contribution in [3.05, 3.63) is 0 Å². The average molecular weight is 241 g/mol. The van der Waals surface area contributed by atoms with Gasteiger partial charge < -0.3 is 16.4 Å². The number of primary amides is 1. The minimum Gasteiger partial charge on any atom is -0.369 e. The van der Waals surface area contributed by atoms with Crippen LogP contribution < -0.4 is 11.5 Å². The van der Waals surface area contributed by atoms with Crippen molar-refractivity contribution in [2.75, 3.05) is 13.1 Å². The van der Waals surface area contributed by atoms with Crippen molar-refractivity contribution >= 4 is 11.8 Å². The Morgan fingerprint density at radius 1 is 1.47 bits per heavy atom. The lowest BCUT2D eigenvalue weighted by Crippen LogP contribution is -2.51. The van der Waals surface area contributed by atoms with Gasteiger partial charge in [-0.3, -0.25) is 9.59 Å². The number of hydrogen-bond acceptors (Lipinski definition) is 3. The molecule has 0 spiro atoms. The van der Waals surface area contributed by atoms with Gasteiger partial charge >= 0.3 is 0 Å². The number of carbonyl (C=O) groups excluding carboxylic acids is 2. The van der Waals surface area contributed by atoms with Crippen molar-refractivity contribution in [2.45, 2.75) is 39.2 Å². The van der Waals surface area contributed by atoms with Crippen LogP contribution in [0.2, 0.25) is 0 Å². The molecule has 0 aromatic carbocycles. The normalized spacial score (nSPS) is 24.2. The zero-order valence-corrected chi connectivity index (χ0v) is 10.7. The Bertz CT molecular complexity index is 293. The first-order chi connectivity index (χ1) is 7.97. The first kappa shape index (κ1) is 14.0. The van der Waals surface area contributed by atoms with Gasteiger partial charge in [-0.2, -0.15) is 0 Å². The predicted octanol–water partition coefficient (Wildman–Crippen LogP) is 0.0837. The highest BCUT2D eigenvalue weighted by Gasteiger charge is 2.30. The van der Waals surface area contributed by atoms with Gasteiger partial charge in [0, 0.05) is 13.1 Å². The van der Waals surface area contributed by atoms with Crippen molar-refractivity contribution in [1.82, 2.24) is 4.90 Å². The van der Waals surface area contributed by atoms with E-state index in [1.54, 1.807) is 4.90 Å². The fraction of sp³-hybridized carbons (Fsp3) is 0.833. The number of carbonyl (C=O) groups is 2. The predicted molar refractivity (Wildman–Crippen MR) is 65.9 cm³/mol. The molecule has 98 valence electrons. The molecule has 1 fully saturated rings. The molecule has 1 heterocycles. The Kier molecular flexibility index (Phi) is 4.93. The van der Waals surface area contributed by atoms with Gasteiger partial charge in [-0.25, -0.2) is 0 Å². The summed E-state index contributed by atoms with van der Waals surface area (Å²) >= 11 is 0. The molecule has 0 radical (unpaired) electrons. The Morgan fingerprint density at radius 3 is 2.65 bits per heavy atom. The number of piperidine rings is 1. The van der Waals surface area contributed by atoms with E-state index in [2.05, 4.69) is 0 Å². The Labute approximate surface area is 103 Å². The summed E-state index contributed by atoms with van der Waals surface area (Å²) in [5.74, 6) is -0.418. The van der Waals surface area contributed by atoms with E-state index in [0.717, 1.165) is 19.3 Å². The van der Waals surface area contributed by atoms with Crippen LogP contribution in [-0.4, -0.2) is 35.8 Å². The summed E-state index contributed by atoms with van der Waals surface area (Å²) in [7, 11) is 0. The largest absolute Gasteiger partial charge is 0.369 e. The van der Waals surface area contributed by atoms with Gasteiger partial charge in [0.05, 0.1) is 12.0 Å². The molecular weight excluding hydrogens is 218 g/mol. The zero-order chi connectivity index (χ0) is 13.0. The first-order valence-electron chi connectivity index (χ1n) is 6.31. The molecule has 1 aliphatic rings. The summed E-state index contributed by atoms with van der Waals surface area (Å²) in [6.07, 6.45) is 2.48. The lowest BCUT2D eigenvalue weighted by atomic mass is 9.94. The van der Waals surface area contributed by atoms with Crippen molar-refractivity contribution in [3.8, 4) is 0 Å². The first-order valence-corrected chi connectivity index (χ1v) is 6.31. The molecule has 0 saturated carbocycles. The molecule has 3 atom stereocenters. The Balaban J connectivity index is 2.60. The summed E-state index contributed by atoms with van der Waals surface area (Å²) in [6, 6.07) is -0.466. The van der Waals surface area contributed by atoms with E-state index in [-0.39, 0.29) is 23.7 Å². The van der Waals surface area contributed by atoms with Crippen LogP contribution in [-0.2, 0) is 9.59 Å². The minimum atomic E-state index is -0.466. The van der Waals surface area contributed by atoms with E-state index in [9.17, 15) is 9.59 Å². The average Bonchev–Trinajstić information content (AvgIpc) is 2.36. The second-order valence-electron chi connectivity index (χ2n) is 4.94. The van der Waals surface area contributed by atoms with Crippen molar-refractivity contribution in [1.29, 1.82) is 0 Å². The molecule has 1 rings (SSSR count). The topological polar surface area (TPSA) is 89.4 Å². The summed E-state index contributed by atoms with van der Waals surface area (Å²) < 4.78 is 0. The maximum absolute atomic E-state index is 12.1. The van der Waals surface area contributed by atoms with Crippen LogP contribution in [0.4, 0.5) is 0 Å². The van der Waals surface area contributed by atoms with Crippen LogP contribution in [0.1, 0.15) is 33.1 Å². The lowest BCUT2D eigenvalue weighted by molar-refractivity contribution is -0.137. The molecule has 2 amide bonds. The standard InChI is InChI=1S/C12H23N3O2/c1-3-8(2)10(13)12(17)15-6-4-5-9(7-15)11(14)16/h8-10H,3-7,13H2,1-2H3,(H2,14,16)/t8?,9?,10-/m0/s1. The van der Waals surface area contributed by atoms with Crippen LogP contribution >= 0.6 is 0 Å². The van der Waals surface area contributed by atoms with Crippen molar-refractivity contribution < 1.29 is 9.59 Å². The Hall–Kier alpha value is -1.10. The SMILES string of the molecule is CCC(C)[C@H](N)C(=O)N1CCCC(C(N)=O)C1. The number of nitrogens with two attached hydrogens (primary N) is 2. The summed E-state index contributed by atoms with van der Waals surface area (Å²) in [5, 5.41) is 0. The van der Waals surface area contributed by atoms with Gasteiger partial charge in [0.25, 0.3) is 0 Å². The molecular formula is C12H23N3O2. The molecule has 4 N–H and O–H groups in total. The van der Waals surface area contributed by atoms with Crippen LogP contribution in [0.3, 0.4) is 0 Å². The number of nitrogens with zero attached hydrogens (tertiary/aromatic N) is 1. The van der Waals surface area contributed by atoms with Crippen LogP contribution in [0.5, 0.6) is 0 Å². The monoisotopic (exact) mass is 241 g/mol. The number of rotatable bonds is 4. The highest BCUT2D eigenvalue weighted by atomic mass is 16.2. The highest BCUT2D eigenvalue weighted by Crippen LogP contribution is 2.18. The quantitative estimate of drug-likeness (QED) is 0.730. The Morgan fingerprint density at radius 2 is 2.12 bits per heavy atom. The fourth-order valence-corrected chi connectivity index (χ4v) is 2.12. The third-order valence-electron chi connectivity index (χ3n) is 3.68. The van der Waals surface area contributed by atoms with Gasteiger partial charge in [0.2, 0.25) is 11.8 Å². The molecule has 0 aromatic rings. The van der Waals surface area contributed by atoms with E-state index < -0.39 is 6.04 Å². The maximum atomic E-state index is 12.1. The molecule has 0 aliphatic carbocycles. The number of amides is 2. The lowest BCUT2D eigenvalue weighted by Gasteiger charge is -2.34. The van der Waals surface area contributed by atoms with E-state index in [1.807, 2.05) is 13.8 Å². The molecule has 5 nitrogen and oxygen atoms in total. The minimum absolute atomic E-state index is 0.0506. The van der Waals surface area contributed by atoms with Gasteiger partial charge in [-0.15, -0.1) is 0 Å². The zero-order valence-electron chi connectivity index (χ0n) is 10.7. The maximum Gasteiger partial charge on any atom is 0.239 e.